The van der Waals surface area contributed by atoms with Crippen LogP contribution in [0, 0.1) is 6.92 Å². The summed E-state index contributed by atoms with van der Waals surface area (Å²) >= 11 is 6.94. The summed E-state index contributed by atoms with van der Waals surface area (Å²) in [5.74, 6) is 0.903. The number of carbonyl (C=O) groups excluding carboxylic acids is 1. The number of thiophene rings is 1. The Labute approximate surface area is 191 Å². The van der Waals surface area contributed by atoms with Crippen LogP contribution in [0.15, 0.2) is 48.5 Å². The monoisotopic (exact) mass is 456 g/mol. The van der Waals surface area contributed by atoms with Crippen LogP contribution in [0.1, 0.15) is 20.8 Å². The number of aryl methyl sites for hydroxylation is 1. The molecule has 0 aliphatic heterocycles. The fourth-order valence-electron chi connectivity index (χ4n) is 3.20. The quantitative estimate of drug-likeness (QED) is 0.382. The molecule has 162 valence electrons. The number of rotatable bonds is 7. The molecule has 6 nitrogen and oxygen atoms in total. The van der Waals surface area contributed by atoms with Crippen LogP contribution in [0.4, 0.5) is 5.00 Å². The van der Waals surface area contributed by atoms with E-state index in [1.165, 1.54) is 18.4 Å². The zero-order chi connectivity index (χ0) is 22.4. The molecular formula is C23H24N2O4S2. The first-order valence-corrected chi connectivity index (χ1v) is 10.7. The molecule has 0 saturated heterocycles. The van der Waals surface area contributed by atoms with Crippen LogP contribution in [0.2, 0.25) is 0 Å². The molecule has 31 heavy (non-hydrogen) atoms. The Balaban J connectivity index is 1.79. The van der Waals surface area contributed by atoms with Gasteiger partial charge in [0.15, 0.2) is 16.6 Å². The number of hydrogen-bond acceptors (Lipinski definition) is 6. The molecule has 2 N–H and O–H groups in total. The highest BCUT2D eigenvalue weighted by Crippen LogP contribution is 2.40. The Bertz CT molecular complexity index is 1080. The van der Waals surface area contributed by atoms with E-state index in [1.54, 1.807) is 14.2 Å². The molecule has 0 amide bonds. The molecule has 0 spiro atoms. The molecule has 1 heterocycles. The number of nitrogens with one attached hydrogen (secondary N) is 2. The standard InChI is InChI=1S/C23H24N2O4S2/c1-14-19(16-8-6-5-7-9-16)20(22(26)29-4)21(31-14)25-23(30)24-13-15-10-11-17(27-2)18(12-15)28-3/h5-12H,13H2,1-4H3,(H2,24,25,30). The molecule has 0 fully saturated rings. The average Bonchev–Trinajstić information content (AvgIpc) is 3.12. The van der Waals surface area contributed by atoms with Gasteiger partial charge < -0.3 is 24.8 Å². The summed E-state index contributed by atoms with van der Waals surface area (Å²) in [4.78, 5) is 13.6. The van der Waals surface area contributed by atoms with E-state index in [0.29, 0.717) is 33.7 Å². The molecule has 0 bridgehead atoms. The van der Waals surface area contributed by atoms with Crippen LogP contribution < -0.4 is 20.1 Å². The van der Waals surface area contributed by atoms with Crippen molar-refractivity contribution in [2.45, 2.75) is 13.5 Å². The number of carbonyl (C=O) groups is 1. The van der Waals surface area contributed by atoms with Crippen molar-refractivity contribution >= 4 is 39.6 Å². The van der Waals surface area contributed by atoms with E-state index in [2.05, 4.69) is 10.6 Å². The van der Waals surface area contributed by atoms with Gasteiger partial charge in [-0.2, -0.15) is 0 Å². The lowest BCUT2D eigenvalue weighted by Gasteiger charge is -2.13. The maximum atomic E-state index is 12.6. The molecular weight excluding hydrogens is 432 g/mol. The normalized spacial score (nSPS) is 10.3. The lowest BCUT2D eigenvalue weighted by molar-refractivity contribution is 0.0603. The summed E-state index contributed by atoms with van der Waals surface area (Å²) in [7, 11) is 4.57. The van der Waals surface area contributed by atoms with Crippen molar-refractivity contribution in [2.24, 2.45) is 0 Å². The maximum absolute atomic E-state index is 12.6. The smallest absolute Gasteiger partial charge is 0.341 e. The summed E-state index contributed by atoms with van der Waals surface area (Å²) in [6, 6.07) is 15.4. The van der Waals surface area contributed by atoms with Gasteiger partial charge in [-0.15, -0.1) is 11.3 Å². The van der Waals surface area contributed by atoms with E-state index in [4.69, 9.17) is 26.4 Å². The number of thiocarbonyl (C=S) groups is 1. The molecule has 0 atom stereocenters. The van der Waals surface area contributed by atoms with Gasteiger partial charge in [-0.05, 0) is 42.4 Å². The van der Waals surface area contributed by atoms with E-state index in [1.807, 2.05) is 55.5 Å². The SMILES string of the molecule is COC(=O)c1c(NC(=S)NCc2ccc(OC)c(OC)c2)sc(C)c1-c1ccccc1. The highest BCUT2D eigenvalue weighted by atomic mass is 32.1. The first-order chi connectivity index (χ1) is 15.0. The topological polar surface area (TPSA) is 68.8 Å². The number of hydrogen-bond donors (Lipinski definition) is 2. The third kappa shape index (κ3) is 5.15. The number of benzene rings is 2. The second-order valence-corrected chi connectivity index (χ2v) is 8.22. The minimum Gasteiger partial charge on any atom is -0.493 e. The number of ether oxygens (including phenoxy) is 3. The Hall–Kier alpha value is -3.10. The average molecular weight is 457 g/mol. The van der Waals surface area contributed by atoms with Gasteiger partial charge >= 0.3 is 5.97 Å². The van der Waals surface area contributed by atoms with Crippen molar-refractivity contribution in [1.29, 1.82) is 0 Å². The molecule has 0 unspecified atom stereocenters. The van der Waals surface area contributed by atoms with Crippen LogP contribution in [-0.2, 0) is 11.3 Å². The zero-order valence-electron chi connectivity index (χ0n) is 17.8. The predicted molar refractivity (Wildman–Crippen MR) is 128 cm³/mol. The molecule has 0 aliphatic carbocycles. The second kappa shape index (κ2) is 10.3. The largest absolute Gasteiger partial charge is 0.493 e. The van der Waals surface area contributed by atoms with Gasteiger partial charge in [0.05, 0.1) is 21.3 Å². The Morgan fingerprint density at radius 2 is 1.74 bits per heavy atom. The van der Waals surface area contributed by atoms with Gasteiger partial charge in [-0.1, -0.05) is 36.4 Å². The molecule has 0 aliphatic rings. The van der Waals surface area contributed by atoms with Gasteiger partial charge in [-0.3, -0.25) is 0 Å². The Morgan fingerprint density at radius 3 is 2.39 bits per heavy atom. The van der Waals surface area contributed by atoms with Gasteiger partial charge in [-0.25, -0.2) is 4.79 Å². The Morgan fingerprint density at radius 1 is 1.03 bits per heavy atom. The summed E-state index contributed by atoms with van der Waals surface area (Å²) in [5, 5.41) is 7.38. The van der Waals surface area contributed by atoms with Gasteiger partial charge in [0.1, 0.15) is 10.6 Å². The lowest BCUT2D eigenvalue weighted by atomic mass is 10.0. The van der Waals surface area contributed by atoms with Gasteiger partial charge in [0.25, 0.3) is 0 Å². The molecule has 2 aromatic carbocycles. The molecule has 0 saturated carbocycles. The van der Waals surface area contributed by atoms with Crippen LogP contribution in [0.25, 0.3) is 11.1 Å². The summed E-state index contributed by atoms with van der Waals surface area (Å²) in [6.45, 7) is 2.46. The van der Waals surface area contributed by atoms with Crippen LogP contribution in [0.3, 0.4) is 0 Å². The second-order valence-electron chi connectivity index (χ2n) is 6.59. The van der Waals surface area contributed by atoms with Crippen LogP contribution in [0.5, 0.6) is 11.5 Å². The van der Waals surface area contributed by atoms with Gasteiger partial charge in [0, 0.05) is 17.0 Å². The zero-order valence-corrected chi connectivity index (χ0v) is 19.4. The van der Waals surface area contributed by atoms with E-state index in [0.717, 1.165) is 21.6 Å². The summed E-state index contributed by atoms with van der Waals surface area (Å²) in [5.41, 5.74) is 3.25. The molecule has 8 heteroatoms. The van der Waals surface area contributed by atoms with Crippen molar-refractivity contribution in [3.05, 3.63) is 64.5 Å². The van der Waals surface area contributed by atoms with E-state index in [-0.39, 0.29) is 0 Å². The van der Waals surface area contributed by atoms with Crippen molar-refractivity contribution in [3.8, 4) is 22.6 Å². The first kappa shape index (κ1) is 22.6. The van der Waals surface area contributed by atoms with Crippen molar-refractivity contribution in [3.63, 3.8) is 0 Å². The van der Waals surface area contributed by atoms with Crippen LogP contribution >= 0.6 is 23.6 Å². The first-order valence-electron chi connectivity index (χ1n) is 9.51. The molecule has 3 rings (SSSR count). The molecule has 3 aromatic rings. The summed E-state index contributed by atoms with van der Waals surface area (Å²) < 4.78 is 15.7. The van der Waals surface area contributed by atoms with Crippen molar-refractivity contribution in [2.75, 3.05) is 26.6 Å². The molecule has 0 radical (unpaired) electrons. The predicted octanol–water partition coefficient (Wildman–Crippen LogP) is 5.01. The minimum absolute atomic E-state index is 0.404. The third-order valence-electron chi connectivity index (χ3n) is 4.66. The van der Waals surface area contributed by atoms with Gasteiger partial charge in [0.2, 0.25) is 0 Å². The fraction of sp³-hybridized carbons (Fsp3) is 0.217. The number of anilines is 1. The van der Waals surface area contributed by atoms with Crippen molar-refractivity contribution < 1.29 is 19.0 Å². The maximum Gasteiger partial charge on any atom is 0.341 e. The van der Waals surface area contributed by atoms with E-state index >= 15 is 0 Å². The molecule has 1 aromatic heterocycles. The summed E-state index contributed by atoms with van der Waals surface area (Å²) in [6.07, 6.45) is 0. The fourth-order valence-corrected chi connectivity index (χ4v) is 4.51. The number of methoxy groups -OCH3 is 3. The van der Waals surface area contributed by atoms with Crippen LogP contribution in [-0.4, -0.2) is 32.4 Å². The third-order valence-corrected chi connectivity index (χ3v) is 5.93. The Kier molecular flexibility index (Phi) is 7.49. The van der Waals surface area contributed by atoms with E-state index in [9.17, 15) is 4.79 Å². The van der Waals surface area contributed by atoms with Crippen molar-refractivity contribution in [1.82, 2.24) is 5.32 Å². The number of esters is 1. The van der Waals surface area contributed by atoms with E-state index < -0.39 is 5.97 Å². The minimum atomic E-state index is -0.409. The highest BCUT2D eigenvalue weighted by molar-refractivity contribution is 7.80. The highest BCUT2D eigenvalue weighted by Gasteiger charge is 2.24. The lowest BCUT2D eigenvalue weighted by Crippen LogP contribution is -2.28.